The van der Waals surface area contributed by atoms with Gasteiger partial charge in [-0.25, -0.2) is 9.59 Å². The molecule has 6 nitrogen and oxygen atoms in total. The lowest BCUT2D eigenvalue weighted by Gasteiger charge is -2.13. The monoisotopic (exact) mass is 452 g/mol. The summed E-state index contributed by atoms with van der Waals surface area (Å²) in [6, 6.07) is 13.7. The summed E-state index contributed by atoms with van der Waals surface area (Å²) in [7, 11) is 1.42. The molecule has 3 rings (SSSR count). The van der Waals surface area contributed by atoms with Crippen molar-refractivity contribution in [3.05, 3.63) is 64.5 Å². The number of para-hydroxylation sites is 1. The van der Waals surface area contributed by atoms with Crippen LogP contribution in [0.4, 0.5) is 0 Å². The number of ether oxygens (including phenoxy) is 3. The van der Waals surface area contributed by atoms with Crippen molar-refractivity contribution in [2.24, 2.45) is 0 Å². The molecular formula is C27H32O6. The average Bonchev–Trinajstić information content (AvgIpc) is 2.84. The molecule has 0 aliphatic rings. The predicted molar refractivity (Wildman–Crippen MR) is 129 cm³/mol. The smallest absolute Gasteiger partial charge is 0.383 e. The van der Waals surface area contributed by atoms with Crippen LogP contribution in [0.2, 0.25) is 0 Å². The van der Waals surface area contributed by atoms with Crippen molar-refractivity contribution in [1.29, 1.82) is 0 Å². The molecule has 0 radical (unpaired) electrons. The number of carbonyl (C=O) groups is 1. The van der Waals surface area contributed by atoms with Crippen molar-refractivity contribution in [3.8, 4) is 17.2 Å². The molecule has 0 aliphatic heterocycles. The van der Waals surface area contributed by atoms with Crippen LogP contribution in [0.15, 0.2) is 57.7 Å². The third-order valence-corrected chi connectivity index (χ3v) is 5.47. The summed E-state index contributed by atoms with van der Waals surface area (Å²) in [5, 5.41) is 0.501. The van der Waals surface area contributed by atoms with Crippen molar-refractivity contribution in [2.75, 3.05) is 13.7 Å². The van der Waals surface area contributed by atoms with E-state index in [2.05, 4.69) is 6.92 Å². The van der Waals surface area contributed by atoms with Gasteiger partial charge in [0.1, 0.15) is 0 Å². The van der Waals surface area contributed by atoms with Crippen LogP contribution in [0.25, 0.3) is 11.0 Å². The van der Waals surface area contributed by atoms with E-state index >= 15 is 0 Å². The summed E-state index contributed by atoms with van der Waals surface area (Å²) >= 11 is 0. The molecule has 0 bridgehead atoms. The first kappa shape index (κ1) is 24.4. The van der Waals surface area contributed by atoms with E-state index in [-0.39, 0.29) is 17.1 Å². The number of hydrogen-bond acceptors (Lipinski definition) is 6. The van der Waals surface area contributed by atoms with E-state index in [1.54, 1.807) is 48.5 Å². The van der Waals surface area contributed by atoms with Crippen LogP contribution in [0.1, 0.15) is 68.6 Å². The second-order valence-corrected chi connectivity index (χ2v) is 7.96. The number of methoxy groups -OCH3 is 1. The zero-order valence-corrected chi connectivity index (χ0v) is 19.4. The highest BCUT2D eigenvalue weighted by Crippen LogP contribution is 2.37. The predicted octanol–water partition coefficient (Wildman–Crippen LogP) is 6.54. The third kappa shape index (κ3) is 6.60. The third-order valence-electron chi connectivity index (χ3n) is 5.47. The summed E-state index contributed by atoms with van der Waals surface area (Å²) in [4.78, 5) is 25.1. The Morgan fingerprint density at radius 2 is 1.55 bits per heavy atom. The van der Waals surface area contributed by atoms with Gasteiger partial charge in [-0.05, 0) is 30.7 Å². The molecule has 0 N–H and O–H groups in total. The van der Waals surface area contributed by atoms with E-state index < -0.39 is 11.6 Å². The molecule has 0 fully saturated rings. The van der Waals surface area contributed by atoms with Gasteiger partial charge in [0, 0.05) is 0 Å². The largest absolute Gasteiger partial charge is 0.492 e. The number of rotatable bonds is 13. The van der Waals surface area contributed by atoms with Crippen LogP contribution in [0, 0.1) is 0 Å². The van der Waals surface area contributed by atoms with Gasteiger partial charge in [0.2, 0.25) is 0 Å². The minimum absolute atomic E-state index is 0.142. The van der Waals surface area contributed by atoms with Crippen molar-refractivity contribution in [3.63, 3.8) is 0 Å². The lowest BCUT2D eigenvalue weighted by molar-refractivity contribution is 0.0723. The number of unbranched alkanes of at least 4 members (excludes halogenated alkanes) is 7. The van der Waals surface area contributed by atoms with Gasteiger partial charge in [0.25, 0.3) is 5.75 Å². The number of carbonyl (C=O) groups excluding carboxylic acids is 1. The molecule has 3 aromatic rings. The molecular weight excluding hydrogens is 420 g/mol. The summed E-state index contributed by atoms with van der Waals surface area (Å²) in [6.07, 6.45) is 9.66. The van der Waals surface area contributed by atoms with Crippen molar-refractivity contribution < 1.29 is 23.4 Å². The second kappa shape index (κ2) is 12.7. The molecule has 0 unspecified atom stereocenters. The fourth-order valence-corrected chi connectivity index (χ4v) is 3.70. The number of hydrogen-bond donors (Lipinski definition) is 0. The summed E-state index contributed by atoms with van der Waals surface area (Å²) in [6.45, 7) is 2.76. The Morgan fingerprint density at radius 1 is 0.848 bits per heavy atom. The van der Waals surface area contributed by atoms with E-state index in [1.807, 2.05) is 0 Å². The first-order valence-electron chi connectivity index (χ1n) is 11.7. The standard InChI is InChI=1S/C27H32O6/c1-3-4-5-6-7-8-9-13-19-31-22-18-14-17-21-23(22)32-27(29)25(24(21)30-2)33-26(28)20-15-11-10-12-16-20/h10-12,14-18H,3-9,13,19H2,1-2H3. The van der Waals surface area contributed by atoms with Crippen LogP contribution in [0.3, 0.4) is 0 Å². The van der Waals surface area contributed by atoms with Gasteiger partial charge in [-0.3, -0.25) is 0 Å². The van der Waals surface area contributed by atoms with Crippen LogP contribution < -0.4 is 19.8 Å². The molecule has 33 heavy (non-hydrogen) atoms. The summed E-state index contributed by atoms with van der Waals surface area (Å²) < 4.78 is 22.2. The Balaban J connectivity index is 1.68. The number of esters is 1. The molecule has 1 aromatic heterocycles. The van der Waals surface area contributed by atoms with Gasteiger partial charge in [0.15, 0.2) is 17.1 Å². The maximum atomic E-state index is 12.7. The Kier molecular flexibility index (Phi) is 9.36. The highest BCUT2D eigenvalue weighted by molar-refractivity contribution is 5.94. The zero-order chi connectivity index (χ0) is 23.5. The fraction of sp³-hybridized carbons (Fsp3) is 0.407. The van der Waals surface area contributed by atoms with E-state index in [0.29, 0.717) is 23.3 Å². The van der Waals surface area contributed by atoms with Gasteiger partial charge in [-0.15, -0.1) is 0 Å². The highest BCUT2D eigenvalue weighted by atomic mass is 16.6. The maximum absolute atomic E-state index is 12.7. The van der Waals surface area contributed by atoms with Gasteiger partial charge in [-0.1, -0.05) is 76.1 Å². The minimum Gasteiger partial charge on any atom is -0.492 e. The minimum atomic E-state index is -0.799. The first-order valence-corrected chi connectivity index (χ1v) is 11.7. The van der Waals surface area contributed by atoms with Crippen molar-refractivity contribution in [1.82, 2.24) is 0 Å². The number of fused-ring (bicyclic) bond motifs is 1. The van der Waals surface area contributed by atoms with Gasteiger partial charge in [-0.2, -0.15) is 0 Å². The molecule has 2 aromatic carbocycles. The fourth-order valence-electron chi connectivity index (χ4n) is 3.70. The van der Waals surface area contributed by atoms with Crippen LogP contribution in [-0.4, -0.2) is 19.7 Å². The van der Waals surface area contributed by atoms with E-state index in [4.69, 9.17) is 18.6 Å². The highest BCUT2D eigenvalue weighted by Gasteiger charge is 2.22. The molecule has 0 atom stereocenters. The van der Waals surface area contributed by atoms with Crippen LogP contribution in [0.5, 0.6) is 17.2 Å². The number of benzene rings is 2. The van der Waals surface area contributed by atoms with E-state index in [1.165, 1.54) is 45.6 Å². The first-order chi connectivity index (χ1) is 16.2. The molecule has 176 valence electrons. The van der Waals surface area contributed by atoms with Crippen LogP contribution >= 0.6 is 0 Å². The van der Waals surface area contributed by atoms with E-state index in [9.17, 15) is 9.59 Å². The molecule has 0 spiro atoms. The van der Waals surface area contributed by atoms with Crippen molar-refractivity contribution in [2.45, 2.75) is 58.3 Å². The zero-order valence-electron chi connectivity index (χ0n) is 19.4. The molecule has 0 saturated carbocycles. The van der Waals surface area contributed by atoms with Gasteiger partial charge in [0.05, 0.1) is 24.7 Å². The lowest BCUT2D eigenvalue weighted by atomic mass is 10.1. The Bertz CT molecular complexity index is 1090. The van der Waals surface area contributed by atoms with Crippen LogP contribution in [-0.2, 0) is 0 Å². The topological polar surface area (TPSA) is 75.0 Å². The molecule has 0 aliphatic carbocycles. The molecule has 0 saturated heterocycles. The van der Waals surface area contributed by atoms with Gasteiger partial charge >= 0.3 is 11.6 Å². The Morgan fingerprint density at radius 3 is 2.24 bits per heavy atom. The molecule has 6 heteroatoms. The summed E-state index contributed by atoms with van der Waals surface area (Å²) in [5.74, 6) is -0.337. The van der Waals surface area contributed by atoms with Crippen molar-refractivity contribution >= 4 is 16.9 Å². The van der Waals surface area contributed by atoms with Gasteiger partial charge < -0.3 is 18.6 Å². The average molecular weight is 453 g/mol. The second-order valence-electron chi connectivity index (χ2n) is 7.96. The molecule has 1 heterocycles. The summed E-state index contributed by atoms with van der Waals surface area (Å²) in [5.41, 5.74) is -0.202. The lowest BCUT2D eigenvalue weighted by Crippen LogP contribution is -2.15. The van der Waals surface area contributed by atoms with E-state index in [0.717, 1.165) is 12.8 Å². The SMILES string of the molecule is CCCCCCCCCCOc1cccc2c(OC)c(OC(=O)c3ccccc3)c(=O)oc12. The quantitative estimate of drug-likeness (QED) is 0.166. The normalized spacial score (nSPS) is 10.8. The molecule has 0 amide bonds. The maximum Gasteiger partial charge on any atom is 0.383 e. The Labute approximate surface area is 194 Å². The Hall–Kier alpha value is -3.28.